The highest BCUT2D eigenvalue weighted by molar-refractivity contribution is 6.16. The van der Waals surface area contributed by atoms with Gasteiger partial charge in [-0.3, -0.25) is 4.68 Å². The number of aromatic nitrogens is 3. The van der Waals surface area contributed by atoms with Crippen molar-refractivity contribution in [2.75, 3.05) is 0 Å². The number of hydrogen-bond donors (Lipinski definition) is 0. The van der Waals surface area contributed by atoms with Crippen molar-refractivity contribution in [3.8, 4) is 0 Å². The highest BCUT2D eigenvalue weighted by atomic mass is 35.5. The monoisotopic (exact) mass is 132 g/mol. The molecule has 1 aromatic rings. The van der Waals surface area contributed by atoms with Crippen LogP contribution < -0.4 is 0 Å². The summed E-state index contributed by atoms with van der Waals surface area (Å²) >= 11 is 5.39. The predicted octanol–water partition coefficient (Wildman–Crippen LogP) is 0.554. The Morgan fingerprint density at radius 1 is 2.12 bits per heavy atom. The van der Waals surface area contributed by atoms with Crippen LogP contribution in [0.15, 0.2) is 6.30 Å². The quantitative estimate of drug-likeness (QED) is 0.523. The first-order chi connectivity index (χ1) is 4.24. The van der Waals surface area contributed by atoms with Crippen molar-refractivity contribution in [3.05, 3.63) is 12.1 Å². The van der Waals surface area contributed by atoms with Gasteiger partial charge in [-0.15, -0.1) is 11.6 Å². The maximum Gasteiger partial charge on any atom is 0.165 e. The minimum atomic E-state index is 0.144. The maximum absolute atomic E-state index is 7.07. The molecule has 0 saturated carbocycles. The minimum absolute atomic E-state index is 0.144. The molecule has 0 aromatic carbocycles. The summed E-state index contributed by atoms with van der Waals surface area (Å²) in [4.78, 5) is 3.72. The Labute approximate surface area is 53.7 Å². The molecule has 1 heterocycles. The smallest absolute Gasteiger partial charge is 0.165 e. The molecule has 4 heteroatoms. The van der Waals surface area contributed by atoms with Crippen LogP contribution in [0.3, 0.4) is 0 Å². The van der Waals surface area contributed by atoms with Crippen molar-refractivity contribution in [1.82, 2.24) is 14.8 Å². The molecule has 1 rings (SSSR count). The fourth-order valence-electron chi connectivity index (χ4n) is 0.405. The van der Waals surface area contributed by atoms with E-state index in [2.05, 4.69) is 10.1 Å². The summed E-state index contributed by atoms with van der Waals surface area (Å²) in [6, 6.07) is 0. The number of halogens is 1. The molecule has 0 amide bonds. The van der Waals surface area contributed by atoms with Gasteiger partial charge in [0.05, 0.1) is 5.88 Å². The first kappa shape index (κ1) is 4.32. The molecule has 44 valence electrons. The average Bonchev–Trinajstić information content (AvgIpc) is 2.13. The van der Waals surface area contributed by atoms with E-state index in [1.165, 1.54) is 4.68 Å². The third kappa shape index (κ3) is 0.980. The zero-order valence-corrected chi connectivity index (χ0v) is 5.18. The molecular formula is C4H6ClN3. The lowest BCUT2D eigenvalue weighted by atomic mass is 10.7. The Bertz CT molecular complexity index is 190. The van der Waals surface area contributed by atoms with Crippen molar-refractivity contribution in [3.63, 3.8) is 0 Å². The van der Waals surface area contributed by atoms with Crippen molar-refractivity contribution in [2.24, 2.45) is 7.05 Å². The summed E-state index contributed by atoms with van der Waals surface area (Å²) in [5, 5.41) is 3.81. The predicted molar refractivity (Wildman–Crippen MR) is 30.6 cm³/mol. The second-order valence-electron chi connectivity index (χ2n) is 1.39. The van der Waals surface area contributed by atoms with Crippen LogP contribution in [0, 0.1) is 0 Å². The van der Waals surface area contributed by atoms with Gasteiger partial charge in [-0.05, 0) is 0 Å². The normalized spacial score (nSPS) is 11.5. The number of nitrogens with zero attached hydrogens (tertiary/aromatic N) is 3. The van der Waals surface area contributed by atoms with Gasteiger partial charge in [-0.25, -0.2) is 4.98 Å². The standard InChI is InChI=1S/C4H6ClN3/c1-8-3-6-4(2-5)7-8/h3H,2H2,1H3/i3D. The van der Waals surface area contributed by atoms with Gasteiger partial charge in [0, 0.05) is 7.05 Å². The summed E-state index contributed by atoms with van der Waals surface area (Å²) in [6.07, 6.45) is 0.144. The van der Waals surface area contributed by atoms with E-state index in [4.69, 9.17) is 13.0 Å². The molecule has 0 fully saturated rings. The van der Waals surface area contributed by atoms with E-state index in [1.54, 1.807) is 7.05 Å². The fourth-order valence-corrected chi connectivity index (χ4v) is 0.518. The summed E-state index contributed by atoms with van der Waals surface area (Å²) in [5.74, 6) is 0.774. The number of rotatable bonds is 1. The van der Waals surface area contributed by atoms with Crippen LogP contribution >= 0.6 is 11.6 Å². The SMILES string of the molecule is [2H]c1nc(CCl)nn1C. The molecule has 1 aromatic heterocycles. The molecule has 0 N–H and O–H groups in total. The molecule has 8 heavy (non-hydrogen) atoms. The molecule has 3 nitrogen and oxygen atoms in total. The lowest BCUT2D eigenvalue weighted by Crippen LogP contribution is -1.88. The lowest BCUT2D eigenvalue weighted by molar-refractivity contribution is 0.754. The van der Waals surface area contributed by atoms with E-state index in [0.717, 1.165) is 0 Å². The first-order valence-electron chi connectivity index (χ1n) is 2.66. The van der Waals surface area contributed by atoms with Gasteiger partial charge in [-0.1, -0.05) is 0 Å². The van der Waals surface area contributed by atoms with E-state index in [-0.39, 0.29) is 12.2 Å². The Hall–Kier alpha value is -0.570. The molecule has 0 aliphatic heterocycles. The third-order valence-corrected chi connectivity index (χ3v) is 0.948. The lowest BCUT2D eigenvalue weighted by Gasteiger charge is -1.79. The van der Waals surface area contributed by atoms with Gasteiger partial charge >= 0.3 is 0 Å². The summed E-state index contributed by atoms with van der Waals surface area (Å²) in [6.45, 7) is 0. The number of hydrogen-bond acceptors (Lipinski definition) is 2. The van der Waals surface area contributed by atoms with E-state index in [9.17, 15) is 0 Å². The maximum atomic E-state index is 7.07. The van der Waals surface area contributed by atoms with E-state index < -0.39 is 0 Å². The van der Waals surface area contributed by atoms with Crippen LogP contribution in [0.5, 0.6) is 0 Å². The Morgan fingerprint density at radius 3 is 3.12 bits per heavy atom. The molecule has 0 unspecified atom stereocenters. The molecule has 0 radical (unpaired) electrons. The van der Waals surface area contributed by atoms with Crippen LogP contribution in [-0.2, 0) is 12.9 Å². The van der Waals surface area contributed by atoms with Gasteiger partial charge < -0.3 is 0 Å². The van der Waals surface area contributed by atoms with Crippen LogP contribution in [-0.4, -0.2) is 14.8 Å². The van der Waals surface area contributed by atoms with Gasteiger partial charge in [0.15, 0.2) is 5.82 Å². The highest BCUT2D eigenvalue weighted by Gasteiger charge is 1.91. The third-order valence-electron chi connectivity index (χ3n) is 0.709. The topological polar surface area (TPSA) is 30.7 Å². The Morgan fingerprint density at radius 2 is 2.88 bits per heavy atom. The van der Waals surface area contributed by atoms with Gasteiger partial charge in [0.2, 0.25) is 0 Å². The number of aryl methyl sites for hydroxylation is 1. The zero-order valence-electron chi connectivity index (χ0n) is 5.43. The molecule has 0 aliphatic rings. The second-order valence-corrected chi connectivity index (χ2v) is 1.65. The van der Waals surface area contributed by atoms with Gasteiger partial charge in [0.1, 0.15) is 7.67 Å². The van der Waals surface area contributed by atoms with Gasteiger partial charge in [0.25, 0.3) is 0 Å². The second kappa shape index (κ2) is 2.13. The van der Waals surface area contributed by atoms with Crippen LogP contribution in [0.1, 0.15) is 7.20 Å². The molecule has 0 bridgehead atoms. The van der Waals surface area contributed by atoms with Crippen molar-refractivity contribution < 1.29 is 1.37 Å². The first-order valence-corrected chi connectivity index (χ1v) is 2.70. The zero-order chi connectivity index (χ0) is 6.85. The molecule has 0 saturated heterocycles. The average molecular weight is 133 g/mol. The molecule has 0 spiro atoms. The van der Waals surface area contributed by atoms with Crippen molar-refractivity contribution >= 4 is 11.6 Å². The molecule has 0 atom stereocenters. The Balaban J connectivity index is 2.98. The largest absolute Gasteiger partial charge is 0.256 e. The molecule has 0 aliphatic carbocycles. The van der Waals surface area contributed by atoms with E-state index in [0.29, 0.717) is 5.82 Å². The number of alkyl halides is 1. The van der Waals surface area contributed by atoms with Crippen molar-refractivity contribution in [2.45, 2.75) is 5.88 Å². The minimum Gasteiger partial charge on any atom is -0.256 e. The fraction of sp³-hybridized carbons (Fsp3) is 0.500. The van der Waals surface area contributed by atoms with Crippen LogP contribution in [0.25, 0.3) is 0 Å². The van der Waals surface area contributed by atoms with Gasteiger partial charge in [-0.2, -0.15) is 5.10 Å². The Kier molecular flexibility index (Phi) is 1.15. The van der Waals surface area contributed by atoms with Crippen LogP contribution in [0.2, 0.25) is 0 Å². The summed E-state index contributed by atoms with van der Waals surface area (Å²) in [5.41, 5.74) is 0. The van der Waals surface area contributed by atoms with E-state index in [1.807, 2.05) is 0 Å². The molecular weight excluding hydrogens is 126 g/mol. The summed E-state index contributed by atoms with van der Waals surface area (Å²) in [7, 11) is 1.66. The van der Waals surface area contributed by atoms with E-state index >= 15 is 0 Å². The van der Waals surface area contributed by atoms with Crippen molar-refractivity contribution in [1.29, 1.82) is 0 Å². The highest BCUT2D eigenvalue weighted by Crippen LogP contribution is 1.91. The summed E-state index contributed by atoms with van der Waals surface area (Å²) < 4.78 is 8.45. The van der Waals surface area contributed by atoms with Crippen LogP contribution in [0.4, 0.5) is 0 Å².